The van der Waals surface area contributed by atoms with Crippen LogP contribution in [0.25, 0.3) is 0 Å². The predicted octanol–water partition coefficient (Wildman–Crippen LogP) is 0.415. The average molecular weight is 290 g/mol. The Kier molecular flexibility index (Phi) is 4.50. The number of aromatic nitrogens is 3. The highest BCUT2D eigenvalue weighted by molar-refractivity contribution is 5.96. The third-order valence-corrected chi connectivity index (χ3v) is 2.72. The van der Waals surface area contributed by atoms with Gasteiger partial charge in [0.05, 0.1) is 13.4 Å². The Morgan fingerprint density at radius 2 is 2.24 bits per heavy atom. The molecule has 21 heavy (non-hydrogen) atoms. The number of carbonyl (C=O) groups is 2. The van der Waals surface area contributed by atoms with Crippen molar-refractivity contribution in [2.45, 2.75) is 6.54 Å². The summed E-state index contributed by atoms with van der Waals surface area (Å²) in [6, 6.07) is 3.26. The molecule has 0 fully saturated rings. The number of ether oxygens (including phenoxy) is 1. The molecule has 2 N–H and O–H groups in total. The summed E-state index contributed by atoms with van der Waals surface area (Å²) in [6.07, 6.45) is 4.34. The topological polar surface area (TPSA) is 106 Å². The molecule has 2 aromatic rings. The quantitative estimate of drug-likeness (QED) is 0.798. The first-order chi connectivity index (χ1) is 10.1. The number of nitrogens with one attached hydrogen (secondary N) is 1. The third kappa shape index (κ3) is 3.56. The van der Waals surface area contributed by atoms with Gasteiger partial charge in [0.2, 0.25) is 5.88 Å². The van der Waals surface area contributed by atoms with Gasteiger partial charge in [-0.05, 0) is 12.1 Å². The minimum atomic E-state index is -1.09. The summed E-state index contributed by atoms with van der Waals surface area (Å²) >= 11 is 0. The van der Waals surface area contributed by atoms with Crippen LogP contribution in [0.2, 0.25) is 0 Å². The summed E-state index contributed by atoms with van der Waals surface area (Å²) in [5, 5.41) is 11.5. The second-order valence-electron chi connectivity index (χ2n) is 4.12. The molecule has 2 heterocycles. The van der Waals surface area contributed by atoms with E-state index in [1.807, 2.05) is 0 Å². The van der Waals surface area contributed by atoms with Gasteiger partial charge in [0.1, 0.15) is 5.56 Å². The number of methoxy groups -OCH3 is 1. The first-order valence-electron chi connectivity index (χ1n) is 6.14. The van der Waals surface area contributed by atoms with Crippen LogP contribution in [0.4, 0.5) is 0 Å². The van der Waals surface area contributed by atoms with Crippen molar-refractivity contribution in [3.05, 3.63) is 42.1 Å². The van der Waals surface area contributed by atoms with Crippen molar-refractivity contribution in [1.29, 1.82) is 0 Å². The number of carboxylic acid groups (broad SMARTS) is 1. The van der Waals surface area contributed by atoms with Crippen LogP contribution < -0.4 is 10.1 Å². The van der Waals surface area contributed by atoms with Crippen LogP contribution in [0.1, 0.15) is 20.8 Å². The normalized spacial score (nSPS) is 10.1. The van der Waals surface area contributed by atoms with E-state index in [4.69, 9.17) is 9.84 Å². The molecular weight excluding hydrogens is 276 g/mol. The zero-order chi connectivity index (χ0) is 15.2. The summed E-state index contributed by atoms with van der Waals surface area (Å²) in [7, 11) is 1.44. The molecule has 0 radical (unpaired) electrons. The molecule has 0 spiro atoms. The molecule has 0 saturated heterocycles. The van der Waals surface area contributed by atoms with Crippen molar-refractivity contribution in [2.24, 2.45) is 0 Å². The first kappa shape index (κ1) is 14.5. The van der Waals surface area contributed by atoms with Gasteiger partial charge in [-0.2, -0.15) is 0 Å². The SMILES string of the molecule is COc1ncccc1C(=O)NCCn1cnc(C(=O)O)c1. The fourth-order valence-corrected chi connectivity index (χ4v) is 1.71. The summed E-state index contributed by atoms with van der Waals surface area (Å²) in [4.78, 5) is 30.3. The van der Waals surface area contributed by atoms with Crippen molar-refractivity contribution in [3.63, 3.8) is 0 Å². The lowest BCUT2D eigenvalue weighted by atomic mass is 10.2. The van der Waals surface area contributed by atoms with Crippen LogP contribution >= 0.6 is 0 Å². The van der Waals surface area contributed by atoms with Gasteiger partial charge in [-0.3, -0.25) is 4.79 Å². The number of carboxylic acids is 1. The van der Waals surface area contributed by atoms with Gasteiger partial charge in [-0.15, -0.1) is 0 Å². The number of hydrogen-bond donors (Lipinski definition) is 2. The molecule has 2 aromatic heterocycles. The predicted molar refractivity (Wildman–Crippen MR) is 72.3 cm³/mol. The van der Waals surface area contributed by atoms with Crippen molar-refractivity contribution >= 4 is 11.9 Å². The molecular formula is C13H14N4O4. The Bertz CT molecular complexity index is 653. The highest BCUT2D eigenvalue weighted by Crippen LogP contribution is 2.12. The molecule has 0 bridgehead atoms. The zero-order valence-electron chi connectivity index (χ0n) is 11.3. The lowest BCUT2D eigenvalue weighted by Gasteiger charge is -2.08. The maximum absolute atomic E-state index is 12.0. The van der Waals surface area contributed by atoms with E-state index in [9.17, 15) is 9.59 Å². The summed E-state index contributed by atoms with van der Waals surface area (Å²) in [5.74, 6) is -1.14. The van der Waals surface area contributed by atoms with E-state index >= 15 is 0 Å². The van der Waals surface area contributed by atoms with Crippen LogP contribution in [0.5, 0.6) is 5.88 Å². The third-order valence-electron chi connectivity index (χ3n) is 2.72. The molecule has 0 aliphatic rings. The summed E-state index contributed by atoms with van der Waals surface area (Å²) in [6.45, 7) is 0.737. The number of aromatic carboxylic acids is 1. The number of pyridine rings is 1. The molecule has 0 aliphatic heterocycles. The van der Waals surface area contributed by atoms with Gasteiger partial charge in [-0.1, -0.05) is 0 Å². The molecule has 8 heteroatoms. The number of nitrogens with zero attached hydrogens (tertiary/aromatic N) is 3. The number of amides is 1. The van der Waals surface area contributed by atoms with E-state index in [1.165, 1.54) is 25.8 Å². The molecule has 110 valence electrons. The maximum atomic E-state index is 12.0. The van der Waals surface area contributed by atoms with Gasteiger partial charge >= 0.3 is 5.97 Å². The Hall–Kier alpha value is -2.90. The van der Waals surface area contributed by atoms with E-state index in [1.54, 1.807) is 16.7 Å². The highest BCUT2D eigenvalue weighted by atomic mass is 16.5. The van der Waals surface area contributed by atoms with Crippen LogP contribution in [0, 0.1) is 0 Å². The van der Waals surface area contributed by atoms with Gasteiger partial charge in [0.25, 0.3) is 5.91 Å². The van der Waals surface area contributed by atoms with Crippen molar-refractivity contribution in [3.8, 4) is 5.88 Å². The zero-order valence-corrected chi connectivity index (χ0v) is 11.3. The van der Waals surface area contributed by atoms with E-state index < -0.39 is 5.97 Å². The second kappa shape index (κ2) is 6.51. The molecule has 8 nitrogen and oxygen atoms in total. The molecule has 0 unspecified atom stereocenters. The number of carbonyl (C=O) groups excluding carboxylic acids is 1. The van der Waals surface area contributed by atoms with Crippen molar-refractivity contribution < 1.29 is 19.4 Å². The fourth-order valence-electron chi connectivity index (χ4n) is 1.71. The largest absolute Gasteiger partial charge is 0.480 e. The fraction of sp³-hybridized carbons (Fsp3) is 0.231. The van der Waals surface area contributed by atoms with Crippen molar-refractivity contribution in [2.75, 3.05) is 13.7 Å². The van der Waals surface area contributed by atoms with Crippen molar-refractivity contribution in [1.82, 2.24) is 19.9 Å². The summed E-state index contributed by atoms with van der Waals surface area (Å²) < 4.78 is 6.60. The van der Waals surface area contributed by atoms with E-state index in [0.717, 1.165) is 0 Å². The average Bonchev–Trinajstić information content (AvgIpc) is 2.96. The van der Waals surface area contributed by atoms with E-state index in [0.29, 0.717) is 18.7 Å². The number of hydrogen-bond acceptors (Lipinski definition) is 5. The molecule has 2 rings (SSSR count). The lowest BCUT2D eigenvalue weighted by molar-refractivity contribution is 0.0690. The second-order valence-corrected chi connectivity index (χ2v) is 4.12. The molecule has 0 saturated carbocycles. The molecule has 0 aromatic carbocycles. The van der Waals surface area contributed by atoms with Crippen LogP contribution in [0.3, 0.4) is 0 Å². The lowest BCUT2D eigenvalue weighted by Crippen LogP contribution is -2.27. The van der Waals surface area contributed by atoms with Gasteiger partial charge in [0, 0.05) is 25.5 Å². The summed E-state index contributed by atoms with van der Waals surface area (Å²) in [5.41, 5.74) is 0.312. The standard InChI is InChI=1S/C13H14N4O4/c1-21-12-9(3-2-4-15-12)11(18)14-5-6-17-7-10(13(19)20)16-8-17/h2-4,7-8H,5-6H2,1H3,(H,14,18)(H,19,20). The first-order valence-corrected chi connectivity index (χ1v) is 6.14. The number of imidazole rings is 1. The minimum absolute atomic E-state index is 0.0322. The molecule has 0 aliphatic carbocycles. The van der Waals surface area contributed by atoms with E-state index in [-0.39, 0.29) is 17.5 Å². The Morgan fingerprint density at radius 3 is 2.90 bits per heavy atom. The highest BCUT2D eigenvalue weighted by Gasteiger charge is 2.12. The monoisotopic (exact) mass is 290 g/mol. The smallest absolute Gasteiger partial charge is 0.356 e. The van der Waals surface area contributed by atoms with Gasteiger partial charge in [-0.25, -0.2) is 14.8 Å². The molecule has 1 amide bonds. The Balaban J connectivity index is 1.90. The van der Waals surface area contributed by atoms with Crippen LogP contribution in [-0.4, -0.2) is 45.2 Å². The maximum Gasteiger partial charge on any atom is 0.356 e. The van der Waals surface area contributed by atoms with Gasteiger partial charge < -0.3 is 19.7 Å². The number of rotatable bonds is 6. The Labute approximate surface area is 120 Å². The van der Waals surface area contributed by atoms with Crippen LogP contribution in [0.15, 0.2) is 30.9 Å². The van der Waals surface area contributed by atoms with E-state index in [2.05, 4.69) is 15.3 Å². The Morgan fingerprint density at radius 1 is 1.43 bits per heavy atom. The molecule has 0 atom stereocenters. The minimum Gasteiger partial charge on any atom is -0.480 e. The van der Waals surface area contributed by atoms with Gasteiger partial charge in [0.15, 0.2) is 5.69 Å². The van der Waals surface area contributed by atoms with Crippen LogP contribution in [-0.2, 0) is 6.54 Å².